The highest BCUT2D eigenvalue weighted by atomic mass is 16.6. The van der Waals surface area contributed by atoms with Crippen molar-refractivity contribution in [1.29, 1.82) is 0 Å². The molecule has 47 heavy (non-hydrogen) atoms. The van der Waals surface area contributed by atoms with Gasteiger partial charge in [-0.25, -0.2) is 9.97 Å². The molecule has 2 aliphatic carbocycles. The molecular weight excluding hydrogens is 576 g/mol. The summed E-state index contributed by atoms with van der Waals surface area (Å²) in [5.41, 5.74) is 12.0. The average Bonchev–Trinajstić information content (AvgIpc) is 3.37. The number of aromatic nitrogens is 2. The Morgan fingerprint density at radius 2 is 1.34 bits per heavy atom. The van der Waals surface area contributed by atoms with Crippen molar-refractivity contribution >= 4 is 5.57 Å². The Balaban J connectivity index is 1.08. The van der Waals surface area contributed by atoms with Gasteiger partial charge in [0, 0.05) is 22.1 Å². The van der Waals surface area contributed by atoms with Crippen molar-refractivity contribution in [3.05, 3.63) is 150 Å². The van der Waals surface area contributed by atoms with Crippen LogP contribution in [0.5, 0.6) is 23.0 Å². The van der Waals surface area contributed by atoms with Gasteiger partial charge < -0.3 is 9.47 Å². The second-order valence-electron chi connectivity index (χ2n) is 12.9. The van der Waals surface area contributed by atoms with Gasteiger partial charge in [0.2, 0.25) is 0 Å². The molecule has 0 saturated carbocycles. The Hall–Kier alpha value is -5.74. The minimum absolute atomic E-state index is 0.101. The predicted molar refractivity (Wildman–Crippen MR) is 189 cm³/mol. The van der Waals surface area contributed by atoms with E-state index in [1.165, 1.54) is 16.7 Å². The van der Waals surface area contributed by atoms with Crippen LogP contribution in [0, 0.1) is 0 Å². The zero-order valence-corrected chi connectivity index (χ0v) is 26.3. The number of nitrogens with zero attached hydrogens (tertiary/aromatic N) is 2. The first-order chi connectivity index (χ1) is 23.0. The minimum Gasteiger partial charge on any atom is -0.449 e. The van der Waals surface area contributed by atoms with Crippen LogP contribution in [0.3, 0.4) is 0 Å². The lowest BCUT2D eigenvalue weighted by Gasteiger charge is -2.25. The third kappa shape index (κ3) is 4.59. The molecule has 0 unspecified atom stereocenters. The largest absolute Gasteiger partial charge is 0.449 e. The molecule has 9 rings (SSSR count). The second-order valence-corrected chi connectivity index (χ2v) is 12.9. The lowest BCUT2D eigenvalue weighted by molar-refractivity contribution is 0.360. The van der Waals surface area contributed by atoms with E-state index in [9.17, 15) is 0 Å². The number of fused-ring (bicyclic) bond motifs is 6. The predicted octanol–water partition coefficient (Wildman–Crippen LogP) is 11.4. The summed E-state index contributed by atoms with van der Waals surface area (Å²) >= 11 is 0. The van der Waals surface area contributed by atoms with Crippen LogP contribution in [-0.2, 0) is 5.41 Å². The fraction of sp³-hybridized carbons (Fsp3) is 0.116. The SMILES string of the molecule is CC1(C)c2ccccc2-c2c1ccc1c2Oc2ccc(-c3cccc(-c4cc(-c5ccccc5)nc(C5=CC=CCC5)n4)c3)cc2O1. The fourth-order valence-electron chi connectivity index (χ4n) is 7.15. The van der Waals surface area contributed by atoms with Crippen LogP contribution in [-0.4, -0.2) is 9.97 Å². The van der Waals surface area contributed by atoms with Crippen LogP contribution in [0.4, 0.5) is 0 Å². The van der Waals surface area contributed by atoms with Crippen molar-refractivity contribution < 1.29 is 9.47 Å². The van der Waals surface area contributed by atoms with Gasteiger partial charge in [-0.2, -0.15) is 0 Å². The quantitative estimate of drug-likeness (QED) is 0.199. The maximum Gasteiger partial charge on any atom is 0.178 e. The summed E-state index contributed by atoms with van der Waals surface area (Å²) in [5, 5.41) is 0. The molecule has 0 amide bonds. The summed E-state index contributed by atoms with van der Waals surface area (Å²) in [5.74, 6) is 3.74. The molecule has 0 saturated heterocycles. The number of benzene rings is 5. The van der Waals surface area contributed by atoms with E-state index < -0.39 is 0 Å². The van der Waals surface area contributed by atoms with Crippen molar-refractivity contribution in [2.45, 2.75) is 32.1 Å². The first-order valence-electron chi connectivity index (χ1n) is 16.2. The van der Waals surface area contributed by atoms with Crippen molar-refractivity contribution in [2.75, 3.05) is 0 Å². The first kappa shape index (κ1) is 27.6. The van der Waals surface area contributed by atoms with Crippen LogP contribution >= 0.6 is 0 Å². The lowest BCUT2D eigenvalue weighted by atomic mass is 9.82. The van der Waals surface area contributed by atoms with Gasteiger partial charge in [0.1, 0.15) is 0 Å². The van der Waals surface area contributed by atoms with Crippen LogP contribution < -0.4 is 9.47 Å². The van der Waals surface area contributed by atoms with Crippen molar-refractivity contribution in [1.82, 2.24) is 9.97 Å². The summed E-state index contributed by atoms with van der Waals surface area (Å²) in [4.78, 5) is 10.1. The molecule has 1 aromatic heterocycles. The molecule has 5 aromatic carbocycles. The number of allylic oxidation sites excluding steroid dienone is 4. The molecule has 4 nitrogen and oxygen atoms in total. The fourth-order valence-corrected chi connectivity index (χ4v) is 7.15. The molecule has 1 aliphatic heterocycles. The van der Waals surface area contributed by atoms with E-state index in [4.69, 9.17) is 19.4 Å². The number of hydrogen-bond donors (Lipinski definition) is 0. The molecule has 0 fully saturated rings. The average molecular weight is 609 g/mol. The molecule has 226 valence electrons. The van der Waals surface area contributed by atoms with Crippen LogP contribution in [0.15, 0.2) is 133 Å². The van der Waals surface area contributed by atoms with Gasteiger partial charge in [-0.05, 0) is 76.6 Å². The van der Waals surface area contributed by atoms with Gasteiger partial charge in [-0.15, -0.1) is 0 Å². The molecule has 4 heteroatoms. The number of ether oxygens (including phenoxy) is 2. The van der Waals surface area contributed by atoms with Gasteiger partial charge in [-0.3, -0.25) is 0 Å². The monoisotopic (exact) mass is 608 g/mol. The van der Waals surface area contributed by atoms with Crippen molar-refractivity contribution in [2.24, 2.45) is 0 Å². The molecule has 0 radical (unpaired) electrons. The topological polar surface area (TPSA) is 44.2 Å². The Morgan fingerprint density at radius 3 is 2.19 bits per heavy atom. The standard InChI is InChI=1S/C43H32N2O2/c1-43(2)33-19-10-9-18-32(33)40-34(43)21-23-38-41(40)47-37-22-20-30(25-39(37)46-38)29-16-11-17-31(24-29)36-26-35(27-12-5-3-6-13-27)44-42(45-36)28-14-7-4-8-15-28/h3-7,9-14,16-26H,8,15H2,1-2H3. The smallest absolute Gasteiger partial charge is 0.178 e. The summed E-state index contributed by atoms with van der Waals surface area (Å²) in [6.45, 7) is 4.55. The third-order valence-electron chi connectivity index (χ3n) is 9.63. The minimum atomic E-state index is -0.101. The van der Waals surface area contributed by atoms with Gasteiger partial charge in [0.15, 0.2) is 28.8 Å². The van der Waals surface area contributed by atoms with Crippen LogP contribution in [0.25, 0.3) is 50.3 Å². The zero-order chi connectivity index (χ0) is 31.5. The summed E-state index contributed by atoms with van der Waals surface area (Å²) in [7, 11) is 0. The van der Waals surface area contributed by atoms with Crippen LogP contribution in [0.2, 0.25) is 0 Å². The van der Waals surface area contributed by atoms with Gasteiger partial charge in [-0.1, -0.05) is 117 Å². The highest BCUT2D eigenvalue weighted by molar-refractivity contribution is 5.88. The third-order valence-corrected chi connectivity index (χ3v) is 9.63. The van der Waals surface area contributed by atoms with E-state index in [1.807, 2.05) is 30.3 Å². The Labute approximate surface area is 274 Å². The molecule has 0 atom stereocenters. The normalized spacial score (nSPS) is 15.0. The number of rotatable bonds is 4. The molecule has 3 aliphatic rings. The van der Waals surface area contributed by atoms with E-state index in [0.29, 0.717) is 5.75 Å². The molecule has 0 N–H and O–H groups in total. The molecule has 2 heterocycles. The highest BCUT2D eigenvalue weighted by Gasteiger charge is 2.39. The van der Waals surface area contributed by atoms with E-state index in [2.05, 4.69) is 117 Å². The maximum absolute atomic E-state index is 6.63. The van der Waals surface area contributed by atoms with Crippen molar-refractivity contribution in [3.63, 3.8) is 0 Å². The molecule has 0 spiro atoms. The highest BCUT2D eigenvalue weighted by Crippen LogP contribution is 2.58. The number of hydrogen-bond acceptors (Lipinski definition) is 4. The van der Waals surface area contributed by atoms with Crippen molar-refractivity contribution in [3.8, 4) is 67.8 Å². The summed E-state index contributed by atoms with van der Waals surface area (Å²) in [6, 6.07) is 40.0. The first-order valence-corrected chi connectivity index (χ1v) is 16.2. The molecular formula is C43H32N2O2. The lowest BCUT2D eigenvalue weighted by Crippen LogP contribution is -2.15. The summed E-state index contributed by atoms with van der Waals surface area (Å²) in [6.07, 6.45) is 8.35. The van der Waals surface area contributed by atoms with Gasteiger partial charge in [0.05, 0.1) is 11.4 Å². The maximum atomic E-state index is 6.63. The van der Waals surface area contributed by atoms with Gasteiger partial charge >= 0.3 is 0 Å². The molecule has 0 bridgehead atoms. The van der Waals surface area contributed by atoms with Crippen LogP contribution in [0.1, 0.15) is 43.6 Å². The second kappa shape index (κ2) is 10.7. The van der Waals surface area contributed by atoms with E-state index in [-0.39, 0.29) is 5.41 Å². The Kier molecular flexibility index (Phi) is 6.26. The molecule has 6 aromatic rings. The van der Waals surface area contributed by atoms with E-state index in [1.54, 1.807) is 0 Å². The summed E-state index contributed by atoms with van der Waals surface area (Å²) < 4.78 is 13.2. The van der Waals surface area contributed by atoms with E-state index >= 15 is 0 Å². The van der Waals surface area contributed by atoms with E-state index in [0.717, 1.165) is 80.7 Å². The zero-order valence-electron chi connectivity index (χ0n) is 26.3. The Morgan fingerprint density at radius 1 is 0.596 bits per heavy atom. The Bertz CT molecular complexity index is 2280. The van der Waals surface area contributed by atoms with Gasteiger partial charge in [0.25, 0.3) is 0 Å².